The van der Waals surface area contributed by atoms with Gasteiger partial charge in [0, 0.05) is 9.50 Å². The van der Waals surface area contributed by atoms with Gasteiger partial charge in [0.05, 0.1) is 22.6 Å². The Kier molecular flexibility index (Phi) is 3.71. The molecular weight excluding hydrogens is 366 g/mol. The average molecular weight is 374 g/mol. The van der Waals surface area contributed by atoms with Gasteiger partial charge in [-0.05, 0) is 52.3 Å². The third-order valence-corrected chi connectivity index (χ3v) is 4.07. The molecule has 6 heteroatoms. The molecule has 0 N–H and O–H groups in total. The number of hydrogen-bond acceptors (Lipinski definition) is 1. The standard InChI is InChI=1S/C14H8BrCl2FN2/c15-10-6-9(18)2-4-12(10)20-13-5-8(17)1-3-11(13)19-14(20)7-16/h1-6H,7H2. The van der Waals surface area contributed by atoms with E-state index in [2.05, 4.69) is 20.9 Å². The number of imidazole rings is 1. The highest BCUT2D eigenvalue weighted by molar-refractivity contribution is 9.10. The molecule has 102 valence electrons. The molecule has 1 aromatic heterocycles. The molecule has 0 saturated heterocycles. The zero-order chi connectivity index (χ0) is 14.3. The van der Waals surface area contributed by atoms with Crippen LogP contribution in [-0.2, 0) is 5.88 Å². The molecule has 0 aliphatic carbocycles. The van der Waals surface area contributed by atoms with Gasteiger partial charge in [0.2, 0.25) is 0 Å². The highest BCUT2D eigenvalue weighted by atomic mass is 79.9. The van der Waals surface area contributed by atoms with Gasteiger partial charge in [0.25, 0.3) is 0 Å². The van der Waals surface area contributed by atoms with E-state index in [9.17, 15) is 4.39 Å². The van der Waals surface area contributed by atoms with Gasteiger partial charge in [-0.2, -0.15) is 0 Å². The lowest BCUT2D eigenvalue weighted by atomic mass is 10.2. The van der Waals surface area contributed by atoms with Crippen LogP contribution in [0, 0.1) is 5.82 Å². The molecule has 0 aliphatic heterocycles. The minimum Gasteiger partial charge on any atom is -0.294 e. The van der Waals surface area contributed by atoms with E-state index in [1.165, 1.54) is 12.1 Å². The fourth-order valence-electron chi connectivity index (χ4n) is 2.12. The summed E-state index contributed by atoms with van der Waals surface area (Å²) in [5.74, 6) is 0.614. The van der Waals surface area contributed by atoms with Crippen molar-refractivity contribution in [3.05, 3.63) is 57.5 Å². The van der Waals surface area contributed by atoms with Crippen LogP contribution in [0.5, 0.6) is 0 Å². The lowest BCUT2D eigenvalue weighted by Crippen LogP contribution is -2.00. The Morgan fingerprint density at radius 1 is 1.20 bits per heavy atom. The minimum atomic E-state index is -0.310. The Labute approximate surface area is 133 Å². The number of benzene rings is 2. The second kappa shape index (κ2) is 5.35. The Morgan fingerprint density at radius 3 is 2.70 bits per heavy atom. The molecule has 1 heterocycles. The van der Waals surface area contributed by atoms with Gasteiger partial charge in [-0.1, -0.05) is 11.6 Å². The molecule has 20 heavy (non-hydrogen) atoms. The Hall–Kier alpha value is -1.10. The van der Waals surface area contributed by atoms with Crippen LogP contribution in [0.2, 0.25) is 5.02 Å². The normalized spacial score (nSPS) is 11.2. The van der Waals surface area contributed by atoms with Crippen molar-refractivity contribution in [3.8, 4) is 5.69 Å². The van der Waals surface area contributed by atoms with Crippen molar-refractivity contribution in [2.45, 2.75) is 5.88 Å². The zero-order valence-electron chi connectivity index (χ0n) is 10.1. The summed E-state index contributed by atoms with van der Waals surface area (Å²) >= 11 is 15.4. The first kappa shape index (κ1) is 13.9. The molecule has 3 aromatic rings. The van der Waals surface area contributed by atoms with E-state index < -0.39 is 0 Å². The summed E-state index contributed by atoms with van der Waals surface area (Å²) in [6.45, 7) is 0. The molecule has 0 saturated carbocycles. The van der Waals surface area contributed by atoms with E-state index in [4.69, 9.17) is 23.2 Å². The molecule has 0 spiro atoms. The van der Waals surface area contributed by atoms with Crippen LogP contribution in [0.4, 0.5) is 4.39 Å². The number of aromatic nitrogens is 2. The van der Waals surface area contributed by atoms with Gasteiger partial charge in [-0.25, -0.2) is 9.37 Å². The highest BCUT2D eigenvalue weighted by Crippen LogP contribution is 2.29. The van der Waals surface area contributed by atoms with Crippen LogP contribution in [0.15, 0.2) is 40.9 Å². The van der Waals surface area contributed by atoms with Gasteiger partial charge in [-0.15, -0.1) is 11.6 Å². The maximum atomic E-state index is 13.2. The third-order valence-electron chi connectivity index (χ3n) is 2.96. The number of alkyl halides is 1. The van der Waals surface area contributed by atoms with Crippen molar-refractivity contribution < 1.29 is 4.39 Å². The van der Waals surface area contributed by atoms with Crippen molar-refractivity contribution in [1.82, 2.24) is 9.55 Å². The van der Waals surface area contributed by atoms with Crippen molar-refractivity contribution in [1.29, 1.82) is 0 Å². The van der Waals surface area contributed by atoms with Crippen molar-refractivity contribution in [3.63, 3.8) is 0 Å². The highest BCUT2D eigenvalue weighted by Gasteiger charge is 2.14. The second-order valence-corrected chi connectivity index (χ2v) is 5.78. The SMILES string of the molecule is Fc1ccc(-n2c(CCl)nc3ccc(Cl)cc32)c(Br)c1. The van der Waals surface area contributed by atoms with E-state index in [0.717, 1.165) is 16.7 Å². The maximum Gasteiger partial charge on any atom is 0.129 e. The van der Waals surface area contributed by atoms with Crippen LogP contribution in [0.1, 0.15) is 5.82 Å². The minimum absolute atomic E-state index is 0.246. The molecule has 0 unspecified atom stereocenters. The fraction of sp³-hybridized carbons (Fsp3) is 0.0714. The monoisotopic (exact) mass is 372 g/mol. The van der Waals surface area contributed by atoms with Crippen LogP contribution >= 0.6 is 39.1 Å². The smallest absolute Gasteiger partial charge is 0.129 e. The second-order valence-electron chi connectivity index (χ2n) is 4.23. The van der Waals surface area contributed by atoms with Crippen LogP contribution in [0.25, 0.3) is 16.7 Å². The van der Waals surface area contributed by atoms with E-state index in [1.54, 1.807) is 12.1 Å². The molecule has 3 rings (SSSR count). The number of nitrogens with zero attached hydrogens (tertiary/aromatic N) is 2. The molecule has 0 fully saturated rings. The first-order chi connectivity index (χ1) is 9.60. The topological polar surface area (TPSA) is 17.8 Å². The average Bonchev–Trinajstić information content (AvgIpc) is 2.76. The fourth-order valence-corrected chi connectivity index (χ4v) is 2.99. The summed E-state index contributed by atoms with van der Waals surface area (Å²) in [6.07, 6.45) is 0. The summed E-state index contributed by atoms with van der Waals surface area (Å²) in [7, 11) is 0. The van der Waals surface area contributed by atoms with E-state index in [1.807, 2.05) is 16.7 Å². The predicted molar refractivity (Wildman–Crippen MR) is 83.3 cm³/mol. The summed E-state index contributed by atoms with van der Waals surface area (Å²) in [5, 5.41) is 0.609. The van der Waals surface area contributed by atoms with Gasteiger partial charge in [0.15, 0.2) is 0 Å². The lowest BCUT2D eigenvalue weighted by molar-refractivity contribution is 0.626. The van der Waals surface area contributed by atoms with Crippen molar-refractivity contribution >= 4 is 50.2 Å². The molecule has 0 radical (unpaired) electrons. The summed E-state index contributed by atoms with van der Waals surface area (Å²) in [6, 6.07) is 9.91. The molecule has 2 aromatic carbocycles. The number of halogens is 4. The maximum absolute atomic E-state index is 13.2. The molecule has 0 amide bonds. The third kappa shape index (κ3) is 2.32. The molecule has 0 atom stereocenters. The zero-order valence-corrected chi connectivity index (χ0v) is 13.2. The first-order valence-electron chi connectivity index (χ1n) is 5.78. The van der Waals surface area contributed by atoms with E-state index >= 15 is 0 Å². The molecule has 0 bridgehead atoms. The van der Waals surface area contributed by atoms with Crippen LogP contribution in [0.3, 0.4) is 0 Å². The molecule has 2 nitrogen and oxygen atoms in total. The lowest BCUT2D eigenvalue weighted by Gasteiger charge is -2.10. The van der Waals surface area contributed by atoms with Gasteiger partial charge < -0.3 is 0 Å². The number of fused-ring (bicyclic) bond motifs is 1. The number of hydrogen-bond donors (Lipinski definition) is 0. The van der Waals surface area contributed by atoms with E-state index in [0.29, 0.717) is 15.3 Å². The van der Waals surface area contributed by atoms with Gasteiger partial charge in [0.1, 0.15) is 11.6 Å². The number of rotatable bonds is 2. The van der Waals surface area contributed by atoms with Crippen LogP contribution in [-0.4, -0.2) is 9.55 Å². The Bertz CT molecular complexity index is 801. The van der Waals surface area contributed by atoms with E-state index in [-0.39, 0.29) is 11.7 Å². The van der Waals surface area contributed by atoms with Gasteiger partial charge in [-0.3, -0.25) is 4.57 Å². The Morgan fingerprint density at radius 2 is 2.00 bits per heavy atom. The predicted octanol–water partition coefficient (Wildman–Crippen LogP) is 5.32. The van der Waals surface area contributed by atoms with Crippen molar-refractivity contribution in [2.75, 3.05) is 0 Å². The Balaban J connectivity index is 2.36. The van der Waals surface area contributed by atoms with Crippen molar-refractivity contribution in [2.24, 2.45) is 0 Å². The van der Waals surface area contributed by atoms with Crippen LogP contribution < -0.4 is 0 Å². The molecular formula is C14H8BrCl2FN2. The summed E-state index contributed by atoms with van der Waals surface area (Å²) < 4.78 is 15.7. The first-order valence-corrected chi connectivity index (χ1v) is 7.49. The summed E-state index contributed by atoms with van der Waals surface area (Å²) in [4.78, 5) is 4.47. The molecule has 0 aliphatic rings. The van der Waals surface area contributed by atoms with Gasteiger partial charge >= 0.3 is 0 Å². The largest absolute Gasteiger partial charge is 0.294 e. The summed E-state index contributed by atoms with van der Waals surface area (Å²) in [5.41, 5.74) is 2.40. The quantitative estimate of drug-likeness (QED) is 0.556.